The lowest BCUT2D eigenvalue weighted by molar-refractivity contribution is -0.384. The van der Waals surface area contributed by atoms with Crippen LogP contribution >= 0.6 is 0 Å². The van der Waals surface area contributed by atoms with Crippen molar-refractivity contribution in [2.75, 3.05) is 4.90 Å². The van der Waals surface area contributed by atoms with Gasteiger partial charge in [0.1, 0.15) is 5.69 Å². The molecule has 1 N–H and O–H groups in total. The largest absolute Gasteiger partial charge is 0.478 e. The Labute approximate surface area is 106 Å². The molecule has 0 aromatic heterocycles. The van der Waals surface area contributed by atoms with E-state index in [0.29, 0.717) is 4.90 Å². The Morgan fingerprint density at radius 3 is 2.32 bits per heavy atom. The lowest BCUT2D eigenvalue weighted by Gasteiger charge is -2.16. The van der Waals surface area contributed by atoms with Crippen LogP contribution in [0.1, 0.15) is 23.2 Å². The van der Waals surface area contributed by atoms with E-state index in [1.54, 1.807) is 0 Å². The third-order valence-electron chi connectivity index (χ3n) is 2.72. The highest BCUT2D eigenvalue weighted by molar-refractivity contribution is 6.23. The number of nitrogens with zero attached hydrogens (tertiary/aromatic N) is 2. The van der Waals surface area contributed by atoms with Gasteiger partial charge in [0.05, 0.1) is 10.5 Å². The van der Waals surface area contributed by atoms with Crippen molar-refractivity contribution in [2.45, 2.75) is 12.8 Å². The van der Waals surface area contributed by atoms with Gasteiger partial charge in [-0.25, -0.2) is 9.69 Å². The molecule has 8 nitrogen and oxygen atoms in total. The summed E-state index contributed by atoms with van der Waals surface area (Å²) in [6.07, 6.45) is -0.159. The van der Waals surface area contributed by atoms with E-state index >= 15 is 0 Å². The summed E-state index contributed by atoms with van der Waals surface area (Å²) in [5.41, 5.74) is -1.49. The maximum atomic E-state index is 11.6. The molecule has 1 saturated heterocycles. The Morgan fingerprint density at radius 1 is 1.26 bits per heavy atom. The summed E-state index contributed by atoms with van der Waals surface area (Å²) >= 11 is 0. The number of carboxylic acid groups (broad SMARTS) is 1. The number of amides is 2. The zero-order valence-corrected chi connectivity index (χ0v) is 9.53. The fourth-order valence-electron chi connectivity index (χ4n) is 1.91. The van der Waals surface area contributed by atoms with Crippen LogP contribution in [0.2, 0.25) is 0 Å². The summed E-state index contributed by atoms with van der Waals surface area (Å²) in [5.74, 6) is -2.71. The Hall–Kier alpha value is -2.77. The van der Waals surface area contributed by atoms with E-state index in [2.05, 4.69) is 0 Å². The first-order valence-corrected chi connectivity index (χ1v) is 5.30. The molecule has 0 saturated carbocycles. The van der Waals surface area contributed by atoms with Crippen molar-refractivity contribution in [2.24, 2.45) is 0 Å². The number of carbonyl (C=O) groups excluding carboxylic acids is 2. The lowest BCUT2D eigenvalue weighted by atomic mass is 10.1. The summed E-state index contributed by atoms with van der Waals surface area (Å²) < 4.78 is 0. The van der Waals surface area contributed by atoms with Gasteiger partial charge in [-0.05, 0) is 6.07 Å². The van der Waals surface area contributed by atoms with E-state index in [1.807, 2.05) is 0 Å². The van der Waals surface area contributed by atoms with Gasteiger partial charge in [0, 0.05) is 18.9 Å². The van der Waals surface area contributed by atoms with Crippen molar-refractivity contribution in [1.29, 1.82) is 0 Å². The number of nitro groups is 1. The number of para-hydroxylation sites is 1. The minimum absolute atomic E-state index is 0.0794. The van der Waals surface area contributed by atoms with E-state index in [1.165, 1.54) is 6.07 Å². The molecular formula is C11H8N2O6. The molecule has 0 atom stereocenters. The van der Waals surface area contributed by atoms with Gasteiger partial charge in [0.25, 0.3) is 5.69 Å². The molecule has 1 aromatic rings. The number of carbonyl (C=O) groups is 3. The van der Waals surface area contributed by atoms with Gasteiger partial charge in [0.2, 0.25) is 11.8 Å². The maximum absolute atomic E-state index is 11.6. The fraction of sp³-hybridized carbons (Fsp3) is 0.182. The molecule has 0 bridgehead atoms. The molecule has 0 spiro atoms. The number of hydrogen-bond donors (Lipinski definition) is 1. The minimum Gasteiger partial charge on any atom is -0.478 e. The van der Waals surface area contributed by atoms with Gasteiger partial charge in [-0.3, -0.25) is 19.7 Å². The minimum atomic E-state index is -1.44. The van der Waals surface area contributed by atoms with Gasteiger partial charge in [-0.2, -0.15) is 0 Å². The Bertz CT molecular complexity index is 561. The first-order valence-electron chi connectivity index (χ1n) is 5.30. The SMILES string of the molecule is O=C(O)c1cccc([N+](=O)[O-])c1N1C(=O)CCC1=O. The average molecular weight is 264 g/mol. The highest BCUT2D eigenvalue weighted by Gasteiger charge is 2.37. The summed E-state index contributed by atoms with van der Waals surface area (Å²) in [6.45, 7) is 0. The number of rotatable bonds is 3. The third-order valence-corrected chi connectivity index (χ3v) is 2.72. The van der Waals surface area contributed by atoms with Crippen LogP contribution < -0.4 is 4.90 Å². The number of nitro benzene ring substituents is 1. The van der Waals surface area contributed by atoms with Crippen LogP contribution in [-0.4, -0.2) is 27.8 Å². The second kappa shape index (κ2) is 4.48. The average Bonchev–Trinajstić information content (AvgIpc) is 2.67. The predicted octanol–water partition coefficient (Wildman–Crippen LogP) is 0.946. The van der Waals surface area contributed by atoms with Crippen LogP contribution in [-0.2, 0) is 9.59 Å². The van der Waals surface area contributed by atoms with E-state index in [-0.39, 0.29) is 12.8 Å². The zero-order chi connectivity index (χ0) is 14.2. The Morgan fingerprint density at radius 2 is 1.84 bits per heavy atom. The fourth-order valence-corrected chi connectivity index (χ4v) is 1.91. The van der Waals surface area contributed by atoms with E-state index < -0.39 is 39.6 Å². The van der Waals surface area contributed by atoms with Gasteiger partial charge in [-0.1, -0.05) is 6.07 Å². The monoisotopic (exact) mass is 264 g/mol. The predicted molar refractivity (Wildman–Crippen MR) is 61.8 cm³/mol. The van der Waals surface area contributed by atoms with E-state index in [4.69, 9.17) is 5.11 Å². The molecule has 19 heavy (non-hydrogen) atoms. The normalized spacial score (nSPS) is 14.8. The molecule has 8 heteroatoms. The number of aromatic carboxylic acids is 1. The first kappa shape index (κ1) is 12.7. The van der Waals surface area contributed by atoms with Gasteiger partial charge in [0.15, 0.2) is 0 Å². The lowest BCUT2D eigenvalue weighted by Crippen LogP contribution is -2.31. The summed E-state index contributed by atoms with van der Waals surface area (Å²) in [4.78, 5) is 45.0. The Balaban J connectivity index is 2.71. The van der Waals surface area contributed by atoms with Crippen molar-refractivity contribution >= 4 is 29.2 Å². The Kier molecular flexibility index (Phi) is 2.99. The number of imide groups is 1. The van der Waals surface area contributed by atoms with Crippen LogP contribution in [0.15, 0.2) is 18.2 Å². The van der Waals surface area contributed by atoms with Crippen LogP contribution in [0.3, 0.4) is 0 Å². The summed E-state index contributed by atoms with van der Waals surface area (Å²) in [7, 11) is 0. The highest BCUT2D eigenvalue weighted by atomic mass is 16.6. The molecule has 0 aliphatic carbocycles. The molecule has 2 rings (SSSR count). The molecule has 0 radical (unpaired) electrons. The van der Waals surface area contributed by atoms with Crippen molar-refractivity contribution in [3.63, 3.8) is 0 Å². The second-order valence-corrected chi connectivity index (χ2v) is 3.86. The van der Waals surface area contributed by atoms with Gasteiger partial charge in [-0.15, -0.1) is 0 Å². The number of benzene rings is 1. The van der Waals surface area contributed by atoms with Gasteiger partial charge >= 0.3 is 5.97 Å². The molecule has 1 heterocycles. The molecule has 0 unspecified atom stereocenters. The maximum Gasteiger partial charge on any atom is 0.338 e. The zero-order valence-electron chi connectivity index (χ0n) is 9.53. The first-order chi connectivity index (χ1) is 8.93. The van der Waals surface area contributed by atoms with E-state index in [9.17, 15) is 24.5 Å². The van der Waals surface area contributed by atoms with Crippen molar-refractivity contribution in [3.05, 3.63) is 33.9 Å². The number of anilines is 1. The van der Waals surface area contributed by atoms with Crippen LogP contribution in [0.5, 0.6) is 0 Å². The van der Waals surface area contributed by atoms with Gasteiger partial charge < -0.3 is 5.11 Å². The van der Waals surface area contributed by atoms with Crippen molar-refractivity contribution < 1.29 is 24.4 Å². The smallest absolute Gasteiger partial charge is 0.338 e. The third kappa shape index (κ3) is 2.03. The molecule has 98 valence electrons. The van der Waals surface area contributed by atoms with Crippen molar-refractivity contribution in [3.8, 4) is 0 Å². The van der Waals surface area contributed by atoms with Crippen molar-refractivity contribution in [1.82, 2.24) is 0 Å². The van der Waals surface area contributed by atoms with Crippen LogP contribution in [0.25, 0.3) is 0 Å². The molecule has 1 aliphatic heterocycles. The van der Waals surface area contributed by atoms with E-state index in [0.717, 1.165) is 12.1 Å². The molecule has 1 aromatic carbocycles. The quantitative estimate of drug-likeness (QED) is 0.493. The standard InChI is InChI=1S/C11H8N2O6/c14-8-4-5-9(15)12(8)10-6(11(16)17)2-1-3-7(10)13(18)19/h1-3H,4-5H2,(H,16,17). The summed E-state index contributed by atoms with van der Waals surface area (Å²) in [6, 6.07) is 3.36. The molecule has 1 aliphatic rings. The number of carboxylic acids is 1. The number of hydrogen-bond acceptors (Lipinski definition) is 5. The molecular weight excluding hydrogens is 256 g/mol. The topological polar surface area (TPSA) is 118 Å². The highest BCUT2D eigenvalue weighted by Crippen LogP contribution is 2.35. The molecule has 1 fully saturated rings. The molecule has 2 amide bonds. The van der Waals surface area contributed by atoms with Crippen LogP contribution in [0.4, 0.5) is 11.4 Å². The summed E-state index contributed by atoms with van der Waals surface area (Å²) in [5, 5.41) is 20.0. The van der Waals surface area contributed by atoms with Crippen LogP contribution in [0, 0.1) is 10.1 Å². The second-order valence-electron chi connectivity index (χ2n) is 3.86.